The van der Waals surface area contributed by atoms with Gasteiger partial charge in [0.25, 0.3) is 0 Å². The Balaban J connectivity index is 1.83. The lowest BCUT2D eigenvalue weighted by Gasteiger charge is -2.41. The average molecular weight is 269 g/mol. The van der Waals surface area contributed by atoms with Crippen LogP contribution in [0.4, 0.5) is 5.88 Å². The van der Waals surface area contributed by atoms with E-state index in [0.717, 1.165) is 23.9 Å². The van der Waals surface area contributed by atoms with Gasteiger partial charge in [-0.25, -0.2) is 0 Å². The smallest absolute Gasteiger partial charge is 0.197 e. The SMILES string of the molecule is Cc1cccc2oc(N3C[C@H]4CC[C@]3(C)C4(C)C)cc12. The van der Waals surface area contributed by atoms with Crippen LogP contribution in [0.2, 0.25) is 0 Å². The molecule has 0 radical (unpaired) electrons. The fourth-order valence-corrected chi connectivity index (χ4v) is 4.46. The van der Waals surface area contributed by atoms with Crippen LogP contribution in [0.25, 0.3) is 11.0 Å². The van der Waals surface area contributed by atoms with Gasteiger partial charge in [-0.05, 0) is 49.7 Å². The summed E-state index contributed by atoms with van der Waals surface area (Å²) >= 11 is 0. The summed E-state index contributed by atoms with van der Waals surface area (Å²) in [4.78, 5) is 2.53. The van der Waals surface area contributed by atoms with Gasteiger partial charge in [0.05, 0.1) is 0 Å². The van der Waals surface area contributed by atoms with E-state index in [-0.39, 0.29) is 5.54 Å². The number of anilines is 1. The van der Waals surface area contributed by atoms with Gasteiger partial charge < -0.3 is 9.32 Å². The molecule has 0 spiro atoms. The first-order valence-corrected chi connectivity index (χ1v) is 7.70. The molecular weight excluding hydrogens is 246 g/mol. The van der Waals surface area contributed by atoms with Crippen LogP contribution in [0.15, 0.2) is 28.7 Å². The highest BCUT2D eigenvalue weighted by molar-refractivity contribution is 5.84. The Morgan fingerprint density at radius 2 is 2.05 bits per heavy atom. The second-order valence-electron chi connectivity index (χ2n) is 7.41. The summed E-state index contributed by atoms with van der Waals surface area (Å²) in [5.74, 6) is 1.86. The third kappa shape index (κ3) is 1.30. The fourth-order valence-electron chi connectivity index (χ4n) is 4.46. The number of nitrogens with zero attached hydrogens (tertiary/aromatic N) is 1. The Morgan fingerprint density at radius 3 is 2.65 bits per heavy atom. The summed E-state index contributed by atoms with van der Waals surface area (Å²) in [6, 6.07) is 8.55. The Kier molecular flexibility index (Phi) is 2.22. The monoisotopic (exact) mass is 269 g/mol. The van der Waals surface area contributed by atoms with E-state index in [1.807, 2.05) is 0 Å². The van der Waals surface area contributed by atoms with Crippen molar-refractivity contribution in [2.24, 2.45) is 11.3 Å². The molecular formula is C18H23NO. The van der Waals surface area contributed by atoms with Gasteiger partial charge in [0.2, 0.25) is 0 Å². The second kappa shape index (κ2) is 3.60. The number of aryl methyl sites for hydroxylation is 1. The first-order valence-electron chi connectivity index (χ1n) is 7.70. The van der Waals surface area contributed by atoms with E-state index in [0.29, 0.717) is 5.41 Å². The maximum Gasteiger partial charge on any atom is 0.197 e. The highest BCUT2D eigenvalue weighted by Gasteiger charge is 2.61. The summed E-state index contributed by atoms with van der Waals surface area (Å²) in [5, 5.41) is 1.26. The molecule has 0 amide bonds. The van der Waals surface area contributed by atoms with E-state index >= 15 is 0 Å². The minimum Gasteiger partial charge on any atom is -0.441 e. The number of piperidine rings is 1. The highest BCUT2D eigenvalue weighted by Crippen LogP contribution is 2.60. The van der Waals surface area contributed by atoms with Crippen molar-refractivity contribution in [3.63, 3.8) is 0 Å². The Labute approximate surface area is 120 Å². The molecule has 106 valence electrons. The van der Waals surface area contributed by atoms with Gasteiger partial charge in [-0.3, -0.25) is 0 Å². The maximum atomic E-state index is 6.17. The molecule has 2 aromatic rings. The molecule has 2 heteroatoms. The quantitative estimate of drug-likeness (QED) is 0.742. The van der Waals surface area contributed by atoms with Crippen LogP contribution < -0.4 is 4.90 Å². The molecule has 20 heavy (non-hydrogen) atoms. The summed E-state index contributed by atoms with van der Waals surface area (Å²) in [6.07, 6.45) is 2.64. The first kappa shape index (κ1) is 12.3. The van der Waals surface area contributed by atoms with Crippen LogP contribution in [0.3, 0.4) is 0 Å². The zero-order valence-corrected chi connectivity index (χ0v) is 12.9. The molecule has 1 aliphatic heterocycles. The zero-order valence-electron chi connectivity index (χ0n) is 12.9. The van der Waals surface area contributed by atoms with E-state index in [4.69, 9.17) is 4.42 Å². The van der Waals surface area contributed by atoms with E-state index in [2.05, 4.69) is 56.9 Å². The molecule has 2 bridgehead atoms. The Hall–Kier alpha value is -1.44. The van der Waals surface area contributed by atoms with Gasteiger partial charge in [0, 0.05) is 23.5 Å². The molecule has 1 aliphatic carbocycles. The van der Waals surface area contributed by atoms with Crippen LogP contribution in [0.1, 0.15) is 39.2 Å². The van der Waals surface area contributed by atoms with Gasteiger partial charge in [-0.15, -0.1) is 0 Å². The molecule has 2 heterocycles. The van der Waals surface area contributed by atoms with Gasteiger partial charge in [0.1, 0.15) is 5.58 Å². The molecule has 4 rings (SSSR count). The summed E-state index contributed by atoms with van der Waals surface area (Å²) < 4.78 is 6.17. The van der Waals surface area contributed by atoms with Crippen molar-refractivity contribution >= 4 is 16.9 Å². The number of fused-ring (bicyclic) bond motifs is 3. The normalized spacial score (nSPS) is 31.4. The van der Waals surface area contributed by atoms with Crippen molar-refractivity contribution in [3.05, 3.63) is 29.8 Å². The van der Waals surface area contributed by atoms with Crippen molar-refractivity contribution in [3.8, 4) is 0 Å². The molecule has 1 aromatic heterocycles. The summed E-state index contributed by atoms with van der Waals surface area (Å²) in [5.41, 5.74) is 2.93. The van der Waals surface area contributed by atoms with Gasteiger partial charge in [-0.2, -0.15) is 0 Å². The molecule has 2 aliphatic rings. The predicted octanol–water partition coefficient (Wildman–Crippen LogP) is 4.76. The van der Waals surface area contributed by atoms with E-state index < -0.39 is 0 Å². The molecule has 1 saturated heterocycles. The third-order valence-electron chi connectivity index (χ3n) is 6.42. The molecule has 1 saturated carbocycles. The number of hydrogen-bond acceptors (Lipinski definition) is 2. The zero-order chi connectivity index (χ0) is 14.1. The Bertz CT molecular complexity index is 684. The minimum atomic E-state index is 0.236. The largest absolute Gasteiger partial charge is 0.441 e. The third-order valence-corrected chi connectivity index (χ3v) is 6.42. The minimum absolute atomic E-state index is 0.236. The standard InChI is InChI=1S/C18H23NO/c1-12-6-5-7-15-14(12)10-16(20-15)19-11-13-8-9-18(19,4)17(13,2)3/h5-7,10,13H,8-9,11H2,1-4H3/t13-,18-/m1/s1. The van der Waals surface area contributed by atoms with Crippen molar-refractivity contribution in [1.29, 1.82) is 0 Å². The molecule has 2 fully saturated rings. The highest BCUT2D eigenvalue weighted by atomic mass is 16.4. The molecule has 0 N–H and O–H groups in total. The van der Waals surface area contributed by atoms with Gasteiger partial charge in [-0.1, -0.05) is 26.0 Å². The van der Waals surface area contributed by atoms with E-state index in [1.54, 1.807) is 0 Å². The Morgan fingerprint density at radius 1 is 1.25 bits per heavy atom. The lowest BCUT2D eigenvalue weighted by Crippen LogP contribution is -2.47. The van der Waals surface area contributed by atoms with Crippen molar-refractivity contribution in [2.45, 2.75) is 46.1 Å². The predicted molar refractivity (Wildman–Crippen MR) is 83.2 cm³/mol. The van der Waals surface area contributed by atoms with Crippen molar-refractivity contribution < 1.29 is 4.42 Å². The van der Waals surface area contributed by atoms with Crippen LogP contribution in [-0.4, -0.2) is 12.1 Å². The summed E-state index contributed by atoms with van der Waals surface area (Å²) in [7, 11) is 0. The number of furan rings is 1. The van der Waals surface area contributed by atoms with Crippen LogP contribution in [-0.2, 0) is 0 Å². The number of hydrogen-bond donors (Lipinski definition) is 0. The molecule has 2 atom stereocenters. The van der Waals surface area contributed by atoms with Crippen LogP contribution in [0.5, 0.6) is 0 Å². The molecule has 0 unspecified atom stereocenters. The van der Waals surface area contributed by atoms with Gasteiger partial charge in [0.15, 0.2) is 5.88 Å². The van der Waals surface area contributed by atoms with E-state index in [9.17, 15) is 0 Å². The van der Waals surface area contributed by atoms with Gasteiger partial charge >= 0.3 is 0 Å². The number of rotatable bonds is 1. The second-order valence-corrected chi connectivity index (χ2v) is 7.41. The molecule has 2 nitrogen and oxygen atoms in total. The van der Waals surface area contributed by atoms with Crippen LogP contribution in [0, 0.1) is 18.3 Å². The topological polar surface area (TPSA) is 16.4 Å². The van der Waals surface area contributed by atoms with Crippen LogP contribution >= 0.6 is 0 Å². The molecule has 1 aromatic carbocycles. The number of benzene rings is 1. The lowest BCUT2D eigenvalue weighted by molar-refractivity contribution is 0.231. The van der Waals surface area contributed by atoms with Crippen molar-refractivity contribution in [2.75, 3.05) is 11.4 Å². The maximum absolute atomic E-state index is 6.17. The van der Waals surface area contributed by atoms with Crippen molar-refractivity contribution in [1.82, 2.24) is 0 Å². The first-order chi connectivity index (χ1) is 9.43. The van der Waals surface area contributed by atoms with E-state index in [1.165, 1.54) is 23.8 Å². The summed E-state index contributed by atoms with van der Waals surface area (Å²) in [6.45, 7) is 10.6. The average Bonchev–Trinajstić information content (AvgIpc) is 2.97. The lowest BCUT2D eigenvalue weighted by atomic mass is 9.75. The fraction of sp³-hybridized carbons (Fsp3) is 0.556.